The van der Waals surface area contributed by atoms with Gasteiger partial charge in [-0.25, -0.2) is 0 Å². The molecule has 0 heterocycles. The van der Waals surface area contributed by atoms with E-state index < -0.39 is 0 Å². The van der Waals surface area contributed by atoms with Crippen molar-refractivity contribution in [3.63, 3.8) is 0 Å². The highest BCUT2D eigenvalue weighted by molar-refractivity contribution is 6.29. The summed E-state index contributed by atoms with van der Waals surface area (Å²) in [6, 6.07) is 0. The topological polar surface area (TPSA) is 0 Å². The van der Waals surface area contributed by atoms with E-state index in [1.165, 1.54) is 0 Å². The maximum Gasteiger partial charge on any atom is 0.0141 e. The molecule has 0 aromatic rings. The molecule has 10 heavy (non-hydrogen) atoms. The fourth-order valence-electron chi connectivity index (χ4n) is 1.10. The molecule has 0 spiro atoms. The van der Waals surface area contributed by atoms with Gasteiger partial charge in [0.2, 0.25) is 0 Å². The molecule has 2 heteroatoms. The zero-order valence-corrected chi connectivity index (χ0v) is 7.20. The van der Waals surface area contributed by atoms with Crippen molar-refractivity contribution in [1.82, 2.24) is 0 Å². The Hall–Kier alpha value is 0.0600. The normalized spacial score (nSPS) is 27.0. The summed E-state index contributed by atoms with van der Waals surface area (Å²) in [5, 5.41) is 0.999. The van der Waals surface area contributed by atoms with Crippen LogP contribution in [0, 0.1) is 5.92 Å². The molecule has 0 amide bonds. The van der Waals surface area contributed by atoms with Gasteiger partial charge < -0.3 is 0 Å². The lowest BCUT2D eigenvalue weighted by Crippen LogP contribution is -1.99. The van der Waals surface area contributed by atoms with E-state index in [0.717, 1.165) is 24.3 Å². The van der Waals surface area contributed by atoms with Crippen LogP contribution in [0.25, 0.3) is 0 Å². The van der Waals surface area contributed by atoms with Crippen LogP contribution in [-0.2, 0) is 0 Å². The van der Waals surface area contributed by atoms with Crippen LogP contribution >= 0.6 is 23.2 Å². The molecule has 1 atom stereocenters. The minimum Gasteiger partial charge on any atom is -0.0933 e. The highest BCUT2D eigenvalue weighted by atomic mass is 35.5. The van der Waals surface area contributed by atoms with Gasteiger partial charge in [0.05, 0.1) is 0 Å². The maximum absolute atomic E-state index is 5.79. The van der Waals surface area contributed by atoms with Gasteiger partial charge in [0.25, 0.3) is 0 Å². The Kier molecular flexibility index (Phi) is 3.30. The number of allylic oxidation sites excluding steroid dienone is 3. The van der Waals surface area contributed by atoms with Crippen molar-refractivity contribution in [2.24, 2.45) is 5.92 Å². The minimum absolute atomic E-state index is 0.611. The van der Waals surface area contributed by atoms with Crippen molar-refractivity contribution in [1.29, 1.82) is 0 Å². The van der Waals surface area contributed by atoms with E-state index in [9.17, 15) is 0 Å². The van der Waals surface area contributed by atoms with Gasteiger partial charge in [-0.1, -0.05) is 35.4 Å². The first kappa shape index (κ1) is 8.16. The second-order valence-corrected chi connectivity index (χ2v) is 3.24. The molecule has 0 saturated heterocycles. The smallest absolute Gasteiger partial charge is 0.0141 e. The Morgan fingerprint density at radius 1 is 1.60 bits per heavy atom. The molecule has 0 N–H and O–H groups in total. The van der Waals surface area contributed by atoms with Crippen LogP contribution < -0.4 is 0 Å². The van der Waals surface area contributed by atoms with Crippen LogP contribution in [0.1, 0.15) is 19.3 Å². The van der Waals surface area contributed by atoms with Crippen LogP contribution in [0.2, 0.25) is 0 Å². The standard InChI is InChI=1S/C8H10Cl2/c9-6-5-7-1-3-8(10)4-2-7/h3,5-7H,1-2,4H2. The summed E-state index contributed by atoms with van der Waals surface area (Å²) in [6.07, 6.45) is 7.29. The highest BCUT2D eigenvalue weighted by Gasteiger charge is 2.09. The fraction of sp³-hybridized carbons (Fsp3) is 0.500. The number of hydrogen-bond donors (Lipinski definition) is 0. The van der Waals surface area contributed by atoms with Gasteiger partial charge in [0, 0.05) is 10.6 Å². The fourth-order valence-corrected chi connectivity index (χ4v) is 1.50. The summed E-state index contributed by atoms with van der Waals surface area (Å²) in [4.78, 5) is 0. The Bertz CT molecular complexity index is 159. The quantitative estimate of drug-likeness (QED) is 0.573. The number of rotatable bonds is 1. The lowest BCUT2D eigenvalue weighted by atomic mass is 9.95. The maximum atomic E-state index is 5.79. The molecule has 1 aliphatic carbocycles. The molecular formula is C8H10Cl2. The van der Waals surface area contributed by atoms with Crippen LogP contribution in [-0.4, -0.2) is 0 Å². The van der Waals surface area contributed by atoms with Crippen molar-refractivity contribution in [2.45, 2.75) is 19.3 Å². The third kappa shape index (κ3) is 2.36. The molecule has 0 nitrogen and oxygen atoms in total. The largest absolute Gasteiger partial charge is 0.0933 e. The van der Waals surface area contributed by atoms with Crippen molar-refractivity contribution in [2.75, 3.05) is 0 Å². The zero-order chi connectivity index (χ0) is 7.40. The van der Waals surface area contributed by atoms with Crippen molar-refractivity contribution >= 4 is 23.2 Å². The molecule has 0 aromatic heterocycles. The van der Waals surface area contributed by atoms with E-state index in [4.69, 9.17) is 23.2 Å². The second kappa shape index (κ2) is 4.05. The van der Waals surface area contributed by atoms with E-state index in [1.54, 1.807) is 5.54 Å². The third-order valence-corrected chi connectivity index (χ3v) is 2.23. The molecule has 0 aromatic carbocycles. The molecule has 0 bridgehead atoms. The van der Waals surface area contributed by atoms with Crippen molar-refractivity contribution in [3.05, 3.63) is 22.7 Å². The summed E-state index contributed by atoms with van der Waals surface area (Å²) < 4.78 is 0. The molecule has 1 unspecified atom stereocenters. The van der Waals surface area contributed by atoms with Gasteiger partial charge in [-0.2, -0.15) is 0 Å². The number of hydrogen-bond acceptors (Lipinski definition) is 0. The van der Waals surface area contributed by atoms with Crippen LogP contribution in [0.5, 0.6) is 0 Å². The SMILES string of the molecule is ClC=CC1CC=C(Cl)CC1. The van der Waals surface area contributed by atoms with Crippen molar-refractivity contribution in [3.8, 4) is 0 Å². The second-order valence-electron chi connectivity index (χ2n) is 2.50. The molecule has 1 rings (SSSR count). The molecule has 0 saturated carbocycles. The summed E-state index contributed by atoms with van der Waals surface area (Å²) in [5.41, 5.74) is 1.59. The van der Waals surface area contributed by atoms with Crippen molar-refractivity contribution < 1.29 is 0 Å². The first-order valence-electron chi connectivity index (χ1n) is 3.44. The lowest BCUT2D eigenvalue weighted by Gasteiger charge is -2.14. The summed E-state index contributed by atoms with van der Waals surface area (Å²) in [7, 11) is 0. The first-order chi connectivity index (χ1) is 4.83. The Morgan fingerprint density at radius 3 is 2.90 bits per heavy atom. The summed E-state index contributed by atoms with van der Waals surface area (Å²) in [6.45, 7) is 0. The van der Waals surface area contributed by atoms with Crippen LogP contribution in [0.4, 0.5) is 0 Å². The summed E-state index contributed by atoms with van der Waals surface area (Å²) in [5.74, 6) is 0.611. The van der Waals surface area contributed by atoms with Gasteiger partial charge in [0.1, 0.15) is 0 Å². The molecular weight excluding hydrogens is 167 g/mol. The summed E-state index contributed by atoms with van der Waals surface area (Å²) >= 11 is 11.2. The van der Waals surface area contributed by atoms with Crippen LogP contribution in [0.15, 0.2) is 22.7 Å². The van der Waals surface area contributed by atoms with E-state index in [2.05, 4.69) is 6.08 Å². The molecule has 56 valence electrons. The average molecular weight is 177 g/mol. The third-order valence-electron chi connectivity index (χ3n) is 1.74. The molecule has 0 aliphatic heterocycles. The van der Waals surface area contributed by atoms with E-state index in [-0.39, 0.29) is 0 Å². The highest BCUT2D eigenvalue weighted by Crippen LogP contribution is 2.26. The molecule has 1 aliphatic rings. The van der Waals surface area contributed by atoms with E-state index in [0.29, 0.717) is 5.92 Å². The zero-order valence-electron chi connectivity index (χ0n) is 5.69. The average Bonchev–Trinajstić information content (AvgIpc) is 1.95. The minimum atomic E-state index is 0.611. The Balaban J connectivity index is 2.42. The van der Waals surface area contributed by atoms with Gasteiger partial charge >= 0.3 is 0 Å². The lowest BCUT2D eigenvalue weighted by molar-refractivity contribution is 0.579. The molecule has 0 radical (unpaired) electrons. The first-order valence-corrected chi connectivity index (χ1v) is 4.26. The molecule has 0 fully saturated rings. The van der Waals surface area contributed by atoms with Gasteiger partial charge in [-0.05, 0) is 25.2 Å². The van der Waals surface area contributed by atoms with E-state index in [1.807, 2.05) is 6.08 Å². The Morgan fingerprint density at radius 2 is 2.40 bits per heavy atom. The van der Waals surface area contributed by atoms with E-state index >= 15 is 0 Å². The monoisotopic (exact) mass is 176 g/mol. The van der Waals surface area contributed by atoms with Gasteiger partial charge in [-0.15, -0.1) is 0 Å². The number of halogens is 2. The van der Waals surface area contributed by atoms with Crippen LogP contribution in [0.3, 0.4) is 0 Å². The predicted molar refractivity (Wildman–Crippen MR) is 46.3 cm³/mol. The van der Waals surface area contributed by atoms with Gasteiger partial charge in [0.15, 0.2) is 0 Å². The predicted octanol–water partition coefficient (Wildman–Crippen LogP) is 3.66. The Labute approximate surface area is 71.5 Å². The van der Waals surface area contributed by atoms with Gasteiger partial charge in [-0.3, -0.25) is 0 Å².